The van der Waals surface area contributed by atoms with Gasteiger partial charge < -0.3 is 14.7 Å². The second-order valence-electron chi connectivity index (χ2n) is 7.76. The first-order valence-corrected chi connectivity index (χ1v) is 8.59. The summed E-state index contributed by atoms with van der Waals surface area (Å²) in [6.45, 7) is 8.83. The molecule has 1 fully saturated rings. The van der Waals surface area contributed by atoms with Gasteiger partial charge in [-0.25, -0.2) is 13.6 Å². The molecule has 1 aliphatic rings. The molecule has 0 bridgehead atoms. The second kappa shape index (κ2) is 6.72. The van der Waals surface area contributed by atoms with Gasteiger partial charge in [-0.15, -0.1) is 0 Å². The van der Waals surface area contributed by atoms with Gasteiger partial charge in [0.25, 0.3) is 0 Å². The largest absolute Gasteiger partial charge is 0.444 e. The van der Waals surface area contributed by atoms with E-state index < -0.39 is 46.3 Å². The van der Waals surface area contributed by atoms with Gasteiger partial charge in [-0.3, -0.25) is 0 Å². The number of carbonyl (C=O) groups is 1. The maximum atomic E-state index is 14.4. The Morgan fingerprint density at radius 2 is 1.68 bits per heavy atom. The predicted molar refractivity (Wildman–Crippen MR) is 91.4 cm³/mol. The third-order valence-electron chi connectivity index (χ3n) is 4.55. The molecule has 3 atom stereocenters. The number of likely N-dealkylation sites (tertiary alicyclic amines) is 1. The van der Waals surface area contributed by atoms with Gasteiger partial charge in [0, 0.05) is 29.9 Å². The second-order valence-corrected chi connectivity index (χ2v) is 8.19. The normalized spacial score (nSPS) is 27.3. The van der Waals surface area contributed by atoms with Crippen LogP contribution >= 0.6 is 11.6 Å². The van der Waals surface area contributed by atoms with E-state index in [1.807, 2.05) is 0 Å². The Morgan fingerprint density at radius 3 is 2.08 bits per heavy atom. The summed E-state index contributed by atoms with van der Waals surface area (Å²) in [5.41, 5.74) is -2.80. The fourth-order valence-electron chi connectivity index (χ4n) is 3.39. The van der Waals surface area contributed by atoms with E-state index in [0.29, 0.717) is 0 Å². The van der Waals surface area contributed by atoms with Gasteiger partial charge in [0.15, 0.2) is 0 Å². The van der Waals surface area contributed by atoms with Gasteiger partial charge in [0.1, 0.15) is 22.8 Å². The molecule has 0 radical (unpaired) electrons. The number of nitrogens with zero attached hydrogens (tertiary/aromatic N) is 1. The summed E-state index contributed by atoms with van der Waals surface area (Å²) < 4.78 is 34.1. The summed E-state index contributed by atoms with van der Waals surface area (Å²) in [7, 11) is 0. The monoisotopic (exact) mass is 375 g/mol. The number of hydrogen-bond acceptors (Lipinski definition) is 3. The summed E-state index contributed by atoms with van der Waals surface area (Å²) in [4.78, 5) is 13.7. The molecule has 7 heteroatoms. The SMILES string of the molecule is C[C@@H]1CN(C(=O)OC(C)(C)C)C[C@H](C)C1(O)c1c(F)cc(Cl)cc1F. The van der Waals surface area contributed by atoms with Crippen molar-refractivity contribution >= 4 is 17.7 Å². The van der Waals surface area contributed by atoms with Crippen LogP contribution in [0.15, 0.2) is 12.1 Å². The molecule has 0 saturated carbocycles. The van der Waals surface area contributed by atoms with E-state index >= 15 is 0 Å². The third-order valence-corrected chi connectivity index (χ3v) is 4.77. The van der Waals surface area contributed by atoms with Crippen LogP contribution in [0, 0.1) is 23.5 Å². The van der Waals surface area contributed by atoms with E-state index in [0.717, 1.165) is 12.1 Å². The minimum absolute atomic E-state index is 0.0751. The number of hydrogen-bond donors (Lipinski definition) is 1. The first-order valence-electron chi connectivity index (χ1n) is 8.21. The minimum Gasteiger partial charge on any atom is -0.444 e. The van der Waals surface area contributed by atoms with Crippen LogP contribution in [0.25, 0.3) is 0 Å². The quantitative estimate of drug-likeness (QED) is 0.794. The van der Waals surface area contributed by atoms with Gasteiger partial charge >= 0.3 is 6.09 Å². The van der Waals surface area contributed by atoms with E-state index in [9.17, 15) is 18.7 Å². The average Bonchev–Trinajstić information content (AvgIpc) is 2.41. The fraction of sp³-hybridized carbons (Fsp3) is 0.611. The first-order chi connectivity index (χ1) is 11.4. The Labute approximate surface area is 151 Å². The van der Waals surface area contributed by atoms with Crippen LogP contribution in [0.4, 0.5) is 13.6 Å². The zero-order valence-electron chi connectivity index (χ0n) is 15.1. The zero-order chi connectivity index (χ0) is 19.2. The Kier molecular flexibility index (Phi) is 5.36. The van der Waals surface area contributed by atoms with Crippen molar-refractivity contribution in [2.75, 3.05) is 13.1 Å². The molecular weight excluding hydrogens is 352 g/mol. The van der Waals surface area contributed by atoms with Crippen LogP contribution in [0.5, 0.6) is 0 Å². The Hall–Kier alpha value is -1.40. The molecule has 0 aliphatic carbocycles. The highest BCUT2D eigenvalue weighted by atomic mass is 35.5. The fourth-order valence-corrected chi connectivity index (χ4v) is 3.58. The van der Waals surface area contributed by atoms with Crippen molar-refractivity contribution in [2.24, 2.45) is 11.8 Å². The van der Waals surface area contributed by atoms with Crippen molar-refractivity contribution in [3.63, 3.8) is 0 Å². The molecule has 0 spiro atoms. The Morgan fingerprint density at radius 1 is 1.24 bits per heavy atom. The van der Waals surface area contributed by atoms with Crippen molar-refractivity contribution < 1.29 is 23.4 Å². The van der Waals surface area contributed by atoms with E-state index in [1.165, 1.54) is 4.90 Å². The molecule has 1 saturated heterocycles. The summed E-state index contributed by atoms with van der Waals surface area (Å²) >= 11 is 5.67. The van der Waals surface area contributed by atoms with Crippen LogP contribution in [0.1, 0.15) is 40.2 Å². The van der Waals surface area contributed by atoms with Gasteiger partial charge in [-0.05, 0) is 32.9 Å². The molecule has 1 unspecified atom stereocenters. The van der Waals surface area contributed by atoms with Crippen molar-refractivity contribution in [3.05, 3.63) is 34.4 Å². The minimum atomic E-state index is -1.75. The number of piperidine rings is 1. The Balaban J connectivity index is 2.33. The third kappa shape index (κ3) is 3.90. The predicted octanol–water partition coefficient (Wildman–Crippen LogP) is 4.33. The molecule has 1 aromatic rings. The summed E-state index contributed by atoms with van der Waals surface area (Å²) in [5.74, 6) is -2.99. The molecule has 1 heterocycles. The van der Waals surface area contributed by atoms with Crippen molar-refractivity contribution in [1.29, 1.82) is 0 Å². The lowest BCUT2D eigenvalue weighted by Gasteiger charge is -2.48. The lowest BCUT2D eigenvalue weighted by Crippen LogP contribution is -2.57. The number of carbonyl (C=O) groups excluding carboxylic acids is 1. The number of aliphatic hydroxyl groups is 1. The summed E-state index contributed by atoms with van der Waals surface area (Å²) in [5, 5.41) is 11.1. The van der Waals surface area contributed by atoms with Gasteiger partial charge in [0.2, 0.25) is 0 Å². The number of amides is 1. The van der Waals surface area contributed by atoms with Crippen molar-refractivity contribution in [1.82, 2.24) is 4.90 Å². The van der Waals surface area contributed by atoms with Crippen LogP contribution in [-0.2, 0) is 10.3 Å². The van der Waals surface area contributed by atoms with Crippen LogP contribution in [0.2, 0.25) is 5.02 Å². The summed E-state index contributed by atoms with van der Waals surface area (Å²) in [6.07, 6.45) is -0.509. The van der Waals surface area contributed by atoms with Gasteiger partial charge in [-0.1, -0.05) is 25.4 Å². The van der Waals surface area contributed by atoms with E-state index in [4.69, 9.17) is 16.3 Å². The molecule has 1 N–H and O–H groups in total. The van der Waals surface area contributed by atoms with E-state index in [1.54, 1.807) is 34.6 Å². The molecule has 0 aromatic heterocycles. The molecule has 140 valence electrons. The molecule has 2 rings (SSSR count). The number of ether oxygens (including phenoxy) is 1. The smallest absolute Gasteiger partial charge is 0.410 e. The molecule has 1 aromatic carbocycles. The van der Waals surface area contributed by atoms with Gasteiger partial charge in [-0.2, -0.15) is 0 Å². The zero-order valence-corrected chi connectivity index (χ0v) is 15.8. The highest BCUT2D eigenvalue weighted by molar-refractivity contribution is 6.30. The highest BCUT2D eigenvalue weighted by Crippen LogP contribution is 2.44. The molecule has 1 amide bonds. The molecule has 1 aliphatic heterocycles. The van der Waals surface area contributed by atoms with Crippen molar-refractivity contribution in [2.45, 2.75) is 45.8 Å². The maximum absolute atomic E-state index is 14.4. The molecule has 25 heavy (non-hydrogen) atoms. The summed E-state index contributed by atoms with van der Waals surface area (Å²) in [6, 6.07) is 1.97. The standard InChI is InChI=1S/C18H24ClF2NO3/c1-10-8-22(16(23)25-17(3,4)5)9-11(2)18(10,24)15-13(20)6-12(19)7-14(15)21/h6-7,10-11,24H,8-9H2,1-5H3/t10-,11+,18?. The first kappa shape index (κ1) is 19.9. The van der Waals surface area contributed by atoms with Gasteiger partial charge in [0.05, 0.1) is 5.56 Å². The number of benzene rings is 1. The average molecular weight is 376 g/mol. The van der Waals surface area contributed by atoms with E-state index in [2.05, 4.69) is 0 Å². The maximum Gasteiger partial charge on any atom is 0.410 e. The Bertz CT molecular complexity index is 640. The van der Waals surface area contributed by atoms with Crippen LogP contribution in [0.3, 0.4) is 0 Å². The van der Waals surface area contributed by atoms with E-state index in [-0.39, 0.29) is 18.1 Å². The molecule has 4 nitrogen and oxygen atoms in total. The molecular formula is C18H24ClF2NO3. The lowest BCUT2D eigenvalue weighted by molar-refractivity contribution is -0.115. The van der Waals surface area contributed by atoms with Crippen LogP contribution < -0.4 is 0 Å². The highest BCUT2D eigenvalue weighted by Gasteiger charge is 2.50. The number of halogens is 3. The van der Waals surface area contributed by atoms with Crippen LogP contribution in [-0.4, -0.2) is 34.8 Å². The number of rotatable bonds is 1. The topological polar surface area (TPSA) is 49.8 Å². The lowest BCUT2D eigenvalue weighted by atomic mass is 9.70. The van der Waals surface area contributed by atoms with Crippen molar-refractivity contribution in [3.8, 4) is 0 Å².